The quantitative estimate of drug-likeness (QED) is 0.869. The first-order valence-electron chi connectivity index (χ1n) is 6.94. The molecule has 2 atom stereocenters. The number of hydrogen-bond donors (Lipinski definition) is 1. The summed E-state index contributed by atoms with van der Waals surface area (Å²) in [6, 6.07) is 2.67. The summed E-state index contributed by atoms with van der Waals surface area (Å²) in [6.07, 6.45) is 3.12. The van der Waals surface area contributed by atoms with E-state index in [1.54, 1.807) is 6.92 Å². The molecule has 0 radical (unpaired) electrons. The second kappa shape index (κ2) is 6.71. The molecule has 1 N–H and O–H groups in total. The lowest BCUT2D eigenvalue weighted by Gasteiger charge is -2.26. The number of rotatable bonds is 5. The van der Waals surface area contributed by atoms with E-state index in [1.165, 1.54) is 12.1 Å². The van der Waals surface area contributed by atoms with Gasteiger partial charge in [-0.05, 0) is 50.1 Å². The maximum atomic E-state index is 14.3. The Morgan fingerprint density at radius 1 is 1.42 bits per heavy atom. The summed E-state index contributed by atoms with van der Waals surface area (Å²) < 4.78 is 28.4. The largest absolute Gasteiger partial charge is 0.309 e. The molecule has 1 heterocycles. The van der Waals surface area contributed by atoms with E-state index in [4.69, 9.17) is 0 Å². The molecule has 0 saturated carbocycles. The van der Waals surface area contributed by atoms with E-state index in [2.05, 4.69) is 12.2 Å². The van der Waals surface area contributed by atoms with Gasteiger partial charge in [0, 0.05) is 16.9 Å². The minimum absolute atomic E-state index is 0.215. The predicted molar refractivity (Wildman–Crippen MR) is 77.6 cm³/mol. The van der Waals surface area contributed by atoms with Crippen LogP contribution in [0.3, 0.4) is 0 Å². The number of benzene rings is 1. The van der Waals surface area contributed by atoms with E-state index in [1.807, 2.05) is 11.8 Å². The van der Waals surface area contributed by atoms with E-state index in [9.17, 15) is 8.78 Å². The van der Waals surface area contributed by atoms with Gasteiger partial charge in [-0.2, -0.15) is 11.8 Å². The van der Waals surface area contributed by atoms with Crippen LogP contribution in [0.15, 0.2) is 12.1 Å². The molecule has 0 aliphatic carbocycles. The Kier molecular flexibility index (Phi) is 5.22. The van der Waals surface area contributed by atoms with Crippen LogP contribution in [0.25, 0.3) is 0 Å². The van der Waals surface area contributed by atoms with Crippen LogP contribution in [-0.2, 0) is 0 Å². The van der Waals surface area contributed by atoms with Crippen molar-refractivity contribution in [2.24, 2.45) is 0 Å². The Morgan fingerprint density at radius 2 is 2.21 bits per heavy atom. The second-order valence-electron chi connectivity index (χ2n) is 5.08. The Balaban J connectivity index is 2.33. The highest BCUT2D eigenvalue weighted by Gasteiger charge is 2.31. The van der Waals surface area contributed by atoms with Crippen LogP contribution in [-0.4, -0.2) is 17.5 Å². The zero-order valence-electron chi connectivity index (χ0n) is 11.5. The lowest BCUT2D eigenvalue weighted by Crippen LogP contribution is -2.31. The maximum absolute atomic E-state index is 14.3. The van der Waals surface area contributed by atoms with Crippen molar-refractivity contribution >= 4 is 11.8 Å². The smallest absolute Gasteiger partial charge is 0.133 e. The van der Waals surface area contributed by atoms with Gasteiger partial charge in [-0.25, -0.2) is 8.78 Å². The van der Waals surface area contributed by atoms with Gasteiger partial charge in [0.05, 0.1) is 0 Å². The molecule has 1 fully saturated rings. The lowest BCUT2D eigenvalue weighted by atomic mass is 9.97. The summed E-state index contributed by atoms with van der Waals surface area (Å²) in [5, 5.41) is 3.61. The molecule has 1 aliphatic heterocycles. The number of thioether (sulfide) groups is 1. The van der Waals surface area contributed by atoms with Gasteiger partial charge in [-0.3, -0.25) is 0 Å². The second-order valence-corrected chi connectivity index (χ2v) is 6.42. The average molecular weight is 285 g/mol. The predicted octanol–water partition coefficient (Wildman–Crippen LogP) is 4.21. The van der Waals surface area contributed by atoms with Gasteiger partial charge < -0.3 is 5.32 Å². The SMILES string of the molecule is CCCNC(c1c(F)ccc(C)c1F)C1CCCS1. The molecule has 1 aromatic carbocycles. The van der Waals surface area contributed by atoms with E-state index in [0.717, 1.165) is 31.6 Å². The molecule has 19 heavy (non-hydrogen) atoms. The highest BCUT2D eigenvalue weighted by Crippen LogP contribution is 2.38. The first-order chi connectivity index (χ1) is 9.15. The fourth-order valence-electron chi connectivity index (χ4n) is 2.55. The van der Waals surface area contributed by atoms with E-state index in [0.29, 0.717) is 5.56 Å². The molecule has 106 valence electrons. The summed E-state index contributed by atoms with van der Waals surface area (Å²) in [5.41, 5.74) is 0.746. The number of aryl methyl sites for hydroxylation is 1. The number of nitrogens with one attached hydrogen (secondary N) is 1. The Hall–Kier alpha value is -0.610. The van der Waals surface area contributed by atoms with Gasteiger partial charge in [-0.1, -0.05) is 13.0 Å². The fourth-order valence-corrected chi connectivity index (χ4v) is 3.94. The zero-order chi connectivity index (χ0) is 13.8. The average Bonchev–Trinajstić information content (AvgIpc) is 2.92. The van der Waals surface area contributed by atoms with Gasteiger partial charge >= 0.3 is 0 Å². The summed E-state index contributed by atoms with van der Waals surface area (Å²) >= 11 is 1.82. The molecule has 4 heteroatoms. The highest BCUT2D eigenvalue weighted by molar-refractivity contribution is 8.00. The zero-order valence-corrected chi connectivity index (χ0v) is 12.3. The highest BCUT2D eigenvalue weighted by atomic mass is 32.2. The molecule has 1 aromatic rings. The van der Waals surface area contributed by atoms with E-state index in [-0.39, 0.29) is 22.7 Å². The van der Waals surface area contributed by atoms with Gasteiger partial charge in [-0.15, -0.1) is 0 Å². The Morgan fingerprint density at radius 3 is 2.84 bits per heavy atom. The molecule has 1 nitrogen and oxygen atoms in total. The molecule has 1 saturated heterocycles. The minimum atomic E-state index is -0.427. The summed E-state index contributed by atoms with van der Waals surface area (Å²) in [5.74, 6) is 0.273. The Bertz CT molecular complexity index is 430. The molecule has 0 spiro atoms. The molecule has 1 aliphatic rings. The van der Waals surface area contributed by atoms with Gasteiger partial charge in [0.1, 0.15) is 11.6 Å². The first kappa shape index (κ1) is 14.8. The fraction of sp³-hybridized carbons (Fsp3) is 0.600. The van der Waals surface area contributed by atoms with Crippen molar-refractivity contribution in [3.63, 3.8) is 0 Å². The normalized spacial score (nSPS) is 20.7. The summed E-state index contributed by atoms with van der Waals surface area (Å²) in [7, 11) is 0. The Labute approximate surface area is 118 Å². The molecule has 0 bridgehead atoms. The molecular formula is C15H21F2NS. The third-order valence-corrected chi connectivity index (χ3v) is 5.04. The lowest BCUT2D eigenvalue weighted by molar-refractivity contribution is 0.448. The topological polar surface area (TPSA) is 12.0 Å². The molecule has 2 unspecified atom stereocenters. The van der Waals surface area contributed by atoms with Crippen molar-refractivity contribution in [2.45, 2.75) is 44.4 Å². The van der Waals surface area contributed by atoms with Crippen molar-refractivity contribution in [2.75, 3.05) is 12.3 Å². The van der Waals surface area contributed by atoms with Crippen molar-refractivity contribution in [1.82, 2.24) is 5.32 Å². The van der Waals surface area contributed by atoms with Crippen LogP contribution in [0.2, 0.25) is 0 Å². The van der Waals surface area contributed by atoms with Crippen LogP contribution in [0.4, 0.5) is 8.78 Å². The monoisotopic (exact) mass is 285 g/mol. The van der Waals surface area contributed by atoms with Crippen molar-refractivity contribution in [3.8, 4) is 0 Å². The summed E-state index contributed by atoms with van der Waals surface area (Å²) in [6.45, 7) is 4.54. The van der Waals surface area contributed by atoms with Crippen LogP contribution in [0.5, 0.6) is 0 Å². The van der Waals surface area contributed by atoms with Crippen LogP contribution < -0.4 is 5.32 Å². The maximum Gasteiger partial charge on any atom is 0.133 e. The van der Waals surface area contributed by atoms with Crippen LogP contribution >= 0.6 is 11.8 Å². The number of halogens is 2. The van der Waals surface area contributed by atoms with E-state index < -0.39 is 5.82 Å². The summed E-state index contributed by atoms with van der Waals surface area (Å²) in [4.78, 5) is 0. The molecule has 2 rings (SSSR count). The van der Waals surface area contributed by atoms with Gasteiger partial charge in [0.15, 0.2) is 0 Å². The van der Waals surface area contributed by atoms with Crippen LogP contribution in [0.1, 0.15) is 43.4 Å². The van der Waals surface area contributed by atoms with Crippen molar-refractivity contribution in [3.05, 3.63) is 34.9 Å². The standard InChI is InChI=1S/C15H21F2NS/c1-3-8-18-15(12-5-4-9-19-12)13-11(16)7-6-10(2)14(13)17/h6-7,12,15,18H,3-5,8-9H2,1-2H3. The molecule has 0 aromatic heterocycles. The van der Waals surface area contributed by atoms with E-state index >= 15 is 0 Å². The first-order valence-corrected chi connectivity index (χ1v) is 7.99. The third kappa shape index (κ3) is 3.29. The number of hydrogen-bond acceptors (Lipinski definition) is 2. The minimum Gasteiger partial charge on any atom is -0.309 e. The molecular weight excluding hydrogens is 264 g/mol. The third-order valence-electron chi connectivity index (χ3n) is 3.58. The van der Waals surface area contributed by atoms with Gasteiger partial charge in [0.25, 0.3) is 0 Å². The molecule has 0 amide bonds. The van der Waals surface area contributed by atoms with Crippen LogP contribution in [0, 0.1) is 18.6 Å². The van der Waals surface area contributed by atoms with Gasteiger partial charge in [0.2, 0.25) is 0 Å². The van der Waals surface area contributed by atoms with Crippen molar-refractivity contribution < 1.29 is 8.78 Å². The van der Waals surface area contributed by atoms with Crippen molar-refractivity contribution in [1.29, 1.82) is 0 Å².